The van der Waals surface area contributed by atoms with Gasteiger partial charge in [0, 0.05) is 17.2 Å². The number of hydrogen-bond donors (Lipinski definition) is 0. The molecule has 1 atom stereocenters. The quantitative estimate of drug-likeness (QED) is 0.741. The number of likely N-dealkylation sites (tertiary alicyclic amines) is 1. The van der Waals surface area contributed by atoms with E-state index in [1.807, 2.05) is 6.07 Å². The van der Waals surface area contributed by atoms with Crippen LogP contribution in [0.15, 0.2) is 41.0 Å². The lowest BCUT2D eigenvalue weighted by molar-refractivity contribution is -0.141. The molecule has 138 valence electrons. The SMILES string of the molecule is O=C(c1ccccc1Br)N1CCCC(Oc2nccc(C(F)(F)F)n2)C1. The summed E-state index contributed by atoms with van der Waals surface area (Å²) in [5.74, 6) is -0.157. The number of ether oxygens (including phenoxy) is 1. The van der Waals surface area contributed by atoms with Gasteiger partial charge in [-0.3, -0.25) is 4.79 Å². The van der Waals surface area contributed by atoms with E-state index in [0.29, 0.717) is 29.4 Å². The molecule has 1 aliphatic heterocycles. The second-order valence-electron chi connectivity index (χ2n) is 5.84. The average Bonchev–Trinajstić information content (AvgIpc) is 2.61. The van der Waals surface area contributed by atoms with Crippen LogP contribution in [0.4, 0.5) is 13.2 Å². The zero-order chi connectivity index (χ0) is 18.7. The minimum absolute atomic E-state index is 0.157. The molecule has 0 radical (unpaired) electrons. The van der Waals surface area contributed by atoms with Crippen molar-refractivity contribution in [3.05, 3.63) is 52.3 Å². The van der Waals surface area contributed by atoms with Crippen LogP contribution in [-0.2, 0) is 6.18 Å². The lowest BCUT2D eigenvalue weighted by Gasteiger charge is -2.32. The van der Waals surface area contributed by atoms with Crippen molar-refractivity contribution >= 4 is 21.8 Å². The molecule has 0 N–H and O–H groups in total. The van der Waals surface area contributed by atoms with E-state index >= 15 is 0 Å². The summed E-state index contributed by atoms with van der Waals surface area (Å²) >= 11 is 3.35. The Balaban J connectivity index is 1.69. The zero-order valence-electron chi connectivity index (χ0n) is 13.5. The van der Waals surface area contributed by atoms with Gasteiger partial charge < -0.3 is 9.64 Å². The van der Waals surface area contributed by atoms with Gasteiger partial charge in [0.2, 0.25) is 0 Å². The van der Waals surface area contributed by atoms with E-state index in [1.165, 1.54) is 0 Å². The molecule has 5 nitrogen and oxygen atoms in total. The Bertz CT molecular complexity index is 801. The topological polar surface area (TPSA) is 55.3 Å². The van der Waals surface area contributed by atoms with Crippen molar-refractivity contribution in [1.82, 2.24) is 14.9 Å². The molecule has 3 rings (SSSR count). The van der Waals surface area contributed by atoms with E-state index in [4.69, 9.17) is 4.74 Å². The normalized spacial score (nSPS) is 17.8. The van der Waals surface area contributed by atoms with Crippen LogP contribution < -0.4 is 4.74 Å². The highest BCUT2D eigenvalue weighted by atomic mass is 79.9. The Hall–Kier alpha value is -2.16. The lowest BCUT2D eigenvalue weighted by atomic mass is 10.1. The third-order valence-electron chi connectivity index (χ3n) is 3.97. The van der Waals surface area contributed by atoms with Crippen LogP contribution >= 0.6 is 15.9 Å². The minimum Gasteiger partial charge on any atom is -0.458 e. The predicted octanol–water partition coefficient (Wildman–Crippen LogP) is 3.94. The Morgan fingerprint density at radius 3 is 2.77 bits per heavy atom. The van der Waals surface area contributed by atoms with Crippen molar-refractivity contribution in [3.8, 4) is 6.01 Å². The standard InChI is InChI=1S/C17H15BrF3N3O2/c18-13-6-2-1-5-12(13)15(25)24-9-3-4-11(10-24)26-16-22-8-7-14(23-16)17(19,20)21/h1-2,5-8,11H,3-4,9-10H2. The van der Waals surface area contributed by atoms with Crippen LogP contribution in [-0.4, -0.2) is 40.0 Å². The highest BCUT2D eigenvalue weighted by Crippen LogP contribution is 2.28. The van der Waals surface area contributed by atoms with Crippen molar-refractivity contribution in [2.75, 3.05) is 13.1 Å². The number of nitrogens with zero attached hydrogens (tertiary/aromatic N) is 3. The van der Waals surface area contributed by atoms with Gasteiger partial charge in [0.25, 0.3) is 5.91 Å². The van der Waals surface area contributed by atoms with Crippen LogP contribution in [0, 0.1) is 0 Å². The molecule has 1 fully saturated rings. The molecule has 1 saturated heterocycles. The fourth-order valence-corrected chi connectivity index (χ4v) is 3.18. The van der Waals surface area contributed by atoms with Gasteiger partial charge in [-0.1, -0.05) is 12.1 Å². The fraction of sp³-hybridized carbons (Fsp3) is 0.353. The molecule has 0 saturated carbocycles. The molecule has 1 amide bonds. The van der Waals surface area contributed by atoms with Gasteiger partial charge in [-0.05, 0) is 47.0 Å². The first-order valence-electron chi connectivity index (χ1n) is 7.95. The lowest BCUT2D eigenvalue weighted by Crippen LogP contribution is -2.44. The summed E-state index contributed by atoms with van der Waals surface area (Å²) in [5, 5.41) is 0. The first-order valence-corrected chi connectivity index (χ1v) is 8.74. The maximum Gasteiger partial charge on any atom is 0.433 e. The third-order valence-corrected chi connectivity index (χ3v) is 4.66. The molecule has 1 unspecified atom stereocenters. The third kappa shape index (κ3) is 4.32. The second kappa shape index (κ2) is 7.61. The number of carbonyl (C=O) groups is 1. The molecular formula is C17H15BrF3N3O2. The van der Waals surface area contributed by atoms with Crippen LogP contribution in [0.1, 0.15) is 28.9 Å². The first kappa shape index (κ1) is 18.6. The fourth-order valence-electron chi connectivity index (χ4n) is 2.73. The van der Waals surface area contributed by atoms with E-state index in [9.17, 15) is 18.0 Å². The van der Waals surface area contributed by atoms with Gasteiger partial charge in [-0.15, -0.1) is 0 Å². The molecule has 2 heterocycles. The maximum atomic E-state index is 12.7. The molecule has 1 aromatic carbocycles. The molecule has 26 heavy (non-hydrogen) atoms. The van der Waals surface area contributed by atoms with Crippen molar-refractivity contribution in [2.24, 2.45) is 0 Å². The van der Waals surface area contributed by atoms with E-state index in [-0.39, 0.29) is 18.5 Å². The second-order valence-corrected chi connectivity index (χ2v) is 6.69. The van der Waals surface area contributed by atoms with Gasteiger partial charge in [-0.2, -0.15) is 18.2 Å². The largest absolute Gasteiger partial charge is 0.458 e. The van der Waals surface area contributed by atoms with Crippen molar-refractivity contribution in [3.63, 3.8) is 0 Å². The molecule has 1 aliphatic rings. The Morgan fingerprint density at radius 1 is 1.27 bits per heavy atom. The number of piperidine rings is 1. The van der Waals surface area contributed by atoms with Crippen LogP contribution in [0.25, 0.3) is 0 Å². The zero-order valence-corrected chi connectivity index (χ0v) is 15.1. The summed E-state index contributed by atoms with van der Waals surface area (Å²) in [5.41, 5.74) is -0.525. The minimum atomic E-state index is -4.56. The Morgan fingerprint density at radius 2 is 2.04 bits per heavy atom. The van der Waals surface area contributed by atoms with Gasteiger partial charge in [0.15, 0.2) is 5.69 Å². The average molecular weight is 430 g/mol. The number of carbonyl (C=O) groups excluding carboxylic acids is 1. The summed E-state index contributed by atoms with van der Waals surface area (Å²) in [7, 11) is 0. The van der Waals surface area contributed by atoms with E-state index < -0.39 is 18.0 Å². The van der Waals surface area contributed by atoms with Gasteiger partial charge >= 0.3 is 12.2 Å². The number of alkyl halides is 3. The number of aromatic nitrogens is 2. The number of hydrogen-bond acceptors (Lipinski definition) is 4. The van der Waals surface area contributed by atoms with Crippen molar-refractivity contribution < 1.29 is 22.7 Å². The number of halogens is 4. The molecule has 0 bridgehead atoms. The van der Waals surface area contributed by atoms with Gasteiger partial charge in [-0.25, -0.2) is 4.98 Å². The highest BCUT2D eigenvalue weighted by Gasteiger charge is 2.33. The predicted molar refractivity (Wildman–Crippen MR) is 90.7 cm³/mol. The maximum absolute atomic E-state index is 12.7. The summed E-state index contributed by atoms with van der Waals surface area (Å²) in [4.78, 5) is 21.4. The monoisotopic (exact) mass is 429 g/mol. The first-order chi connectivity index (χ1) is 12.3. The summed E-state index contributed by atoms with van der Waals surface area (Å²) in [6.07, 6.45) is -2.72. The van der Waals surface area contributed by atoms with E-state index in [1.54, 1.807) is 23.1 Å². The number of amides is 1. The van der Waals surface area contributed by atoms with Crippen LogP contribution in [0.5, 0.6) is 6.01 Å². The van der Waals surface area contributed by atoms with Crippen LogP contribution in [0.3, 0.4) is 0 Å². The van der Waals surface area contributed by atoms with Gasteiger partial charge in [0.05, 0.1) is 12.1 Å². The van der Waals surface area contributed by atoms with E-state index in [0.717, 1.165) is 12.3 Å². The van der Waals surface area contributed by atoms with Crippen LogP contribution in [0.2, 0.25) is 0 Å². The smallest absolute Gasteiger partial charge is 0.433 e. The van der Waals surface area contributed by atoms with E-state index in [2.05, 4.69) is 25.9 Å². The molecule has 1 aromatic heterocycles. The van der Waals surface area contributed by atoms with Crippen molar-refractivity contribution in [1.29, 1.82) is 0 Å². The highest BCUT2D eigenvalue weighted by molar-refractivity contribution is 9.10. The Labute approximate surface area is 156 Å². The van der Waals surface area contributed by atoms with Crippen molar-refractivity contribution in [2.45, 2.75) is 25.1 Å². The molecular weight excluding hydrogens is 415 g/mol. The molecule has 0 aliphatic carbocycles. The summed E-state index contributed by atoms with van der Waals surface area (Å²) < 4.78 is 44.4. The summed E-state index contributed by atoms with van der Waals surface area (Å²) in [6, 6.07) is 7.53. The Kier molecular flexibility index (Phi) is 5.45. The number of benzene rings is 1. The summed E-state index contributed by atoms with van der Waals surface area (Å²) in [6.45, 7) is 0.823. The van der Waals surface area contributed by atoms with Gasteiger partial charge in [0.1, 0.15) is 6.10 Å². The molecule has 0 spiro atoms. The molecule has 9 heteroatoms. The number of rotatable bonds is 3. The molecule has 2 aromatic rings.